The van der Waals surface area contributed by atoms with E-state index < -0.39 is 38.3 Å². The molecular weight excluding hydrogens is 315 g/mol. The summed E-state index contributed by atoms with van der Waals surface area (Å²) in [5.74, 6) is 0. The number of rotatable bonds is 6. The third-order valence-electron chi connectivity index (χ3n) is 3.34. The number of aromatic amines is 1. The Morgan fingerprint density at radius 2 is 2.14 bits per heavy atom. The number of aliphatic hydroxyl groups excluding tert-OH is 1. The number of H-pyrrole nitrogens is 1. The van der Waals surface area contributed by atoms with E-state index in [1.54, 1.807) is 6.92 Å². The first kappa shape index (κ1) is 17.3. The lowest BCUT2D eigenvalue weighted by Crippen LogP contribution is -2.33. The summed E-state index contributed by atoms with van der Waals surface area (Å²) in [5.41, 5.74) is -0.615. The van der Waals surface area contributed by atoms with E-state index >= 15 is 0 Å². The molecule has 0 spiro atoms. The van der Waals surface area contributed by atoms with Gasteiger partial charge in [0.2, 0.25) is 0 Å². The fourth-order valence-corrected chi connectivity index (χ4v) is 2.98. The van der Waals surface area contributed by atoms with Crippen molar-refractivity contribution in [1.29, 1.82) is 0 Å². The predicted octanol–water partition coefficient (Wildman–Crippen LogP) is 0.0297. The highest BCUT2D eigenvalue weighted by atomic mass is 31.2. The van der Waals surface area contributed by atoms with Crippen molar-refractivity contribution in [1.82, 2.24) is 9.55 Å². The Morgan fingerprint density at radius 3 is 2.73 bits per heavy atom. The lowest BCUT2D eigenvalue weighted by atomic mass is 10.2. The van der Waals surface area contributed by atoms with Gasteiger partial charge in [-0.25, -0.2) is 4.79 Å². The van der Waals surface area contributed by atoms with Crippen molar-refractivity contribution >= 4 is 8.60 Å². The number of nitrogens with one attached hydrogen (secondary N) is 1. The number of hydrogen-bond acceptors (Lipinski definition) is 7. The molecule has 124 valence electrons. The number of aliphatic hydroxyl groups is 1. The van der Waals surface area contributed by atoms with E-state index in [0.717, 1.165) is 0 Å². The van der Waals surface area contributed by atoms with Crippen LogP contribution < -0.4 is 11.2 Å². The van der Waals surface area contributed by atoms with Crippen LogP contribution in [0, 0.1) is 6.92 Å². The van der Waals surface area contributed by atoms with Gasteiger partial charge in [-0.2, -0.15) is 0 Å². The minimum absolute atomic E-state index is 0.269. The van der Waals surface area contributed by atoms with Gasteiger partial charge in [-0.15, -0.1) is 0 Å². The highest BCUT2D eigenvalue weighted by Crippen LogP contribution is 2.43. The highest BCUT2D eigenvalue weighted by molar-refractivity contribution is 7.41. The van der Waals surface area contributed by atoms with E-state index in [9.17, 15) is 14.7 Å². The fourth-order valence-electron chi connectivity index (χ4n) is 2.22. The van der Waals surface area contributed by atoms with E-state index in [1.807, 2.05) is 0 Å². The number of ether oxygens (including phenoxy) is 1. The molecule has 10 heteroatoms. The summed E-state index contributed by atoms with van der Waals surface area (Å²) >= 11 is 0. The molecule has 0 saturated carbocycles. The van der Waals surface area contributed by atoms with E-state index in [4.69, 9.17) is 18.3 Å². The van der Waals surface area contributed by atoms with Crippen LogP contribution in [0.3, 0.4) is 0 Å². The van der Waals surface area contributed by atoms with Gasteiger partial charge >= 0.3 is 14.3 Å². The van der Waals surface area contributed by atoms with Gasteiger partial charge in [-0.1, -0.05) is 0 Å². The molecule has 0 bridgehead atoms. The van der Waals surface area contributed by atoms with E-state index in [2.05, 4.69) is 4.98 Å². The molecule has 1 fully saturated rings. The van der Waals surface area contributed by atoms with Crippen LogP contribution >= 0.6 is 8.60 Å². The molecule has 0 aromatic carbocycles. The summed E-state index contributed by atoms with van der Waals surface area (Å²) in [7, 11) is 1.36. The molecule has 1 aromatic rings. The maximum atomic E-state index is 11.9. The fraction of sp³-hybridized carbons (Fsp3) is 0.667. The monoisotopic (exact) mass is 334 g/mol. The minimum atomic E-state index is -1.54. The van der Waals surface area contributed by atoms with Crippen molar-refractivity contribution in [3.8, 4) is 0 Å². The molecule has 0 radical (unpaired) electrons. The van der Waals surface area contributed by atoms with E-state index in [1.165, 1.54) is 25.0 Å². The zero-order valence-electron chi connectivity index (χ0n) is 12.5. The first-order valence-electron chi connectivity index (χ1n) is 6.63. The summed E-state index contributed by atoms with van der Waals surface area (Å²) in [4.78, 5) is 25.5. The molecular formula is C12H19N2O7P. The van der Waals surface area contributed by atoms with E-state index in [0.29, 0.717) is 12.0 Å². The summed E-state index contributed by atoms with van der Waals surface area (Å²) < 4.78 is 22.6. The Bertz CT molecular complexity index is 612. The van der Waals surface area contributed by atoms with Crippen LogP contribution in [-0.4, -0.2) is 47.7 Å². The van der Waals surface area contributed by atoms with E-state index in [-0.39, 0.29) is 6.61 Å². The third kappa shape index (κ3) is 3.62. The molecule has 0 aliphatic carbocycles. The SMILES string of the molecule is COP(OC)O[C@H]1C[C@H](n2cc(C)c(=O)[nH]c2=O)O[C@@H]1CO. The maximum Gasteiger partial charge on any atom is 0.332 e. The minimum Gasteiger partial charge on any atom is -0.394 e. The zero-order chi connectivity index (χ0) is 16.3. The summed E-state index contributed by atoms with van der Waals surface area (Å²) in [6.45, 7) is 1.32. The Balaban J connectivity index is 2.20. The lowest BCUT2D eigenvalue weighted by Gasteiger charge is -2.19. The van der Waals surface area contributed by atoms with Crippen molar-refractivity contribution in [2.24, 2.45) is 0 Å². The second-order valence-electron chi connectivity index (χ2n) is 4.76. The normalized spacial score (nSPS) is 25.0. The zero-order valence-corrected chi connectivity index (χ0v) is 13.4. The van der Waals surface area contributed by atoms with Crippen LogP contribution in [0.2, 0.25) is 0 Å². The highest BCUT2D eigenvalue weighted by Gasteiger charge is 2.39. The topological polar surface area (TPSA) is 112 Å². The maximum absolute atomic E-state index is 11.9. The molecule has 0 unspecified atom stereocenters. The Kier molecular flexibility index (Phi) is 5.85. The van der Waals surface area contributed by atoms with Crippen molar-refractivity contribution < 1.29 is 23.4 Å². The molecule has 1 aliphatic rings. The molecule has 1 aromatic heterocycles. The van der Waals surface area contributed by atoms with Crippen LogP contribution in [-0.2, 0) is 18.3 Å². The number of nitrogens with zero attached hydrogens (tertiary/aromatic N) is 1. The van der Waals surface area contributed by atoms with Crippen molar-refractivity contribution in [2.75, 3.05) is 20.8 Å². The van der Waals surface area contributed by atoms with Gasteiger partial charge < -0.3 is 23.4 Å². The van der Waals surface area contributed by atoms with Gasteiger partial charge in [0.25, 0.3) is 5.56 Å². The van der Waals surface area contributed by atoms with Crippen molar-refractivity contribution in [3.05, 3.63) is 32.6 Å². The number of aryl methyl sites for hydroxylation is 1. The smallest absolute Gasteiger partial charge is 0.332 e. The first-order valence-corrected chi connectivity index (χ1v) is 7.73. The molecule has 22 heavy (non-hydrogen) atoms. The molecule has 1 saturated heterocycles. The third-order valence-corrected chi connectivity index (χ3v) is 4.38. The summed E-state index contributed by atoms with van der Waals surface area (Å²) in [6, 6.07) is 0. The second kappa shape index (κ2) is 7.45. The summed E-state index contributed by atoms with van der Waals surface area (Å²) in [6.07, 6.45) is 0.00985. The first-order chi connectivity index (χ1) is 10.5. The predicted molar refractivity (Wildman–Crippen MR) is 77.5 cm³/mol. The molecule has 3 atom stereocenters. The van der Waals surface area contributed by atoms with Crippen molar-refractivity contribution in [2.45, 2.75) is 31.8 Å². The lowest BCUT2D eigenvalue weighted by molar-refractivity contribution is -0.0440. The number of aromatic nitrogens is 2. The van der Waals surface area contributed by atoms with Crippen LogP contribution in [0.5, 0.6) is 0 Å². The van der Waals surface area contributed by atoms with Crippen LogP contribution in [0.4, 0.5) is 0 Å². The molecule has 2 heterocycles. The Morgan fingerprint density at radius 1 is 1.45 bits per heavy atom. The molecule has 1 aliphatic heterocycles. The van der Waals surface area contributed by atoms with Gasteiger partial charge in [0.15, 0.2) is 0 Å². The molecule has 2 rings (SSSR count). The Hall–Kier alpha value is -1.09. The molecule has 2 N–H and O–H groups in total. The quantitative estimate of drug-likeness (QED) is 0.706. The van der Waals surface area contributed by atoms with Gasteiger partial charge in [-0.3, -0.25) is 14.3 Å². The molecule has 9 nitrogen and oxygen atoms in total. The largest absolute Gasteiger partial charge is 0.394 e. The Labute approximate surface area is 127 Å². The number of hydrogen-bond donors (Lipinski definition) is 2. The van der Waals surface area contributed by atoms with Crippen LogP contribution in [0.25, 0.3) is 0 Å². The van der Waals surface area contributed by atoms with Gasteiger partial charge in [-0.05, 0) is 6.92 Å². The standard InChI is InChI=1S/C12H19N2O7P/c1-7-5-14(12(17)13-11(7)16)10-4-8(9(6-15)20-10)21-22(18-2)19-3/h5,8-10,15H,4,6H2,1-3H3,(H,13,16,17)/t8-,9+,10+/m0/s1. The van der Waals surface area contributed by atoms with Gasteiger partial charge in [0, 0.05) is 32.4 Å². The van der Waals surface area contributed by atoms with Crippen molar-refractivity contribution in [3.63, 3.8) is 0 Å². The second-order valence-corrected chi connectivity index (χ2v) is 6.15. The van der Waals surface area contributed by atoms with Gasteiger partial charge in [0.05, 0.1) is 12.7 Å². The average molecular weight is 334 g/mol. The van der Waals surface area contributed by atoms with Crippen LogP contribution in [0.15, 0.2) is 15.8 Å². The molecule has 0 amide bonds. The van der Waals surface area contributed by atoms with Crippen LogP contribution in [0.1, 0.15) is 18.2 Å². The average Bonchev–Trinajstić information content (AvgIpc) is 2.91. The summed E-state index contributed by atoms with van der Waals surface area (Å²) in [5, 5.41) is 9.40. The van der Waals surface area contributed by atoms with Gasteiger partial charge in [0.1, 0.15) is 12.3 Å².